The van der Waals surface area contributed by atoms with Crippen LogP contribution in [0.2, 0.25) is 0 Å². The predicted molar refractivity (Wildman–Crippen MR) is 106 cm³/mol. The van der Waals surface area contributed by atoms with Crippen molar-refractivity contribution in [1.82, 2.24) is 0 Å². The van der Waals surface area contributed by atoms with E-state index < -0.39 is 0 Å². The highest BCUT2D eigenvalue weighted by Gasteiger charge is 2.15. The molecule has 118 valence electrons. The van der Waals surface area contributed by atoms with E-state index in [1.165, 1.54) is 11.1 Å². The molecule has 0 aliphatic rings. The Labute approximate surface area is 138 Å². The lowest BCUT2D eigenvalue weighted by Crippen LogP contribution is -2.16. The molecule has 0 aliphatic carbocycles. The van der Waals surface area contributed by atoms with Crippen molar-refractivity contribution in [2.24, 2.45) is 0 Å². The van der Waals surface area contributed by atoms with Crippen LogP contribution in [0, 0.1) is 0 Å². The summed E-state index contributed by atoms with van der Waals surface area (Å²) in [5, 5.41) is 3.12. The van der Waals surface area contributed by atoms with E-state index in [1.807, 2.05) is 0 Å². The van der Waals surface area contributed by atoms with Crippen LogP contribution in [-0.4, -0.2) is 7.57 Å². The van der Waals surface area contributed by atoms with Gasteiger partial charge in [0.1, 0.15) is 0 Å². The van der Waals surface area contributed by atoms with Crippen molar-refractivity contribution in [3.63, 3.8) is 0 Å². The zero-order chi connectivity index (χ0) is 16.5. The van der Waals surface area contributed by atoms with Crippen LogP contribution >= 0.6 is 7.80 Å². The molecule has 0 N–H and O–H groups in total. The molecule has 2 aromatic carbocycles. The Kier molecular flexibility index (Phi) is 4.88. The van der Waals surface area contributed by atoms with Gasteiger partial charge in [-0.1, -0.05) is 101 Å². The summed E-state index contributed by atoms with van der Waals surface area (Å²) < 4.78 is 0. The molecule has 2 rings (SSSR count). The van der Waals surface area contributed by atoms with Crippen LogP contribution in [0.25, 0.3) is 0 Å². The van der Waals surface area contributed by atoms with Gasteiger partial charge < -0.3 is 0 Å². The Morgan fingerprint density at radius 2 is 0.864 bits per heavy atom. The molecule has 0 spiro atoms. The van der Waals surface area contributed by atoms with Crippen molar-refractivity contribution in [2.45, 2.75) is 52.4 Å². The summed E-state index contributed by atoms with van der Waals surface area (Å²) in [5.74, 6) is 0. The zero-order valence-corrected chi connectivity index (χ0v) is 15.0. The summed E-state index contributed by atoms with van der Waals surface area (Å²) in [7, 11) is 0.265. The molecule has 0 heterocycles. The van der Waals surface area contributed by atoms with Crippen molar-refractivity contribution >= 4 is 26.0 Å². The lowest BCUT2D eigenvalue weighted by Gasteiger charge is -2.24. The summed E-state index contributed by atoms with van der Waals surface area (Å²) in [6.07, 6.45) is 0. The fourth-order valence-corrected chi connectivity index (χ4v) is 3.12. The topological polar surface area (TPSA) is 0 Å². The van der Waals surface area contributed by atoms with Crippen molar-refractivity contribution in [2.75, 3.05) is 0 Å². The highest BCUT2D eigenvalue weighted by Crippen LogP contribution is 2.30. The van der Waals surface area contributed by atoms with Gasteiger partial charge in [0.25, 0.3) is 0 Å². The number of benzene rings is 2. The van der Waals surface area contributed by atoms with Gasteiger partial charge in [0.2, 0.25) is 0 Å². The quantitative estimate of drug-likeness (QED) is 0.581. The number of hydrogen-bond acceptors (Lipinski definition) is 0. The molecule has 2 aromatic rings. The Hall–Kier alpha value is -1.07. The predicted octanol–water partition coefficient (Wildman–Crippen LogP) is 3.99. The molecule has 22 heavy (non-hydrogen) atoms. The lowest BCUT2D eigenvalue weighted by molar-refractivity contribution is 0.590. The van der Waals surface area contributed by atoms with E-state index in [9.17, 15) is 0 Å². The molecule has 0 nitrogen and oxygen atoms in total. The van der Waals surface area contributed by atoms with Gasteiger partial charge in [0, 0.05) is 0 Å². The average molecular weight is 311 g/mol. The van der Waals surface area contributed by atoms with Crippen molar-refractivity contribution in [3.05, 3.63) is 59.7 Å². The normalized spacial score (nSPS) is 12.7. The smallest absolute Gasteiger partial charge is 0.0108 e. The zero-order valence-electron chi connectivity index (χ0n) is 14.1. The van der Waals surface area contributed by atoms with E-state index in [0.717, 1.165) is 0 Å². The minimum Gasteiger partial charge on any atom is -0.226 e. The monoisotopic (exact) mass is 311 g/mol. The van der Waals surface area contributed by atoms with Gasteiger partial charge in [-0.15, -0.1) is 0 Å². The molecule has 0 fully saturated rings. The maximum absolute atomic E-state index is 2.37. The second-order valence-corrected chi connectivity index (χ2v) is 8.96. The standard InChI is InChI=1S/C20H29BP/c1-19(2,3)15-7-11-17(12-8-15)22(21)18-13-9-16(10-14-18)20(4,5)6/h7-14H,1-6,21H3/q-1. The van der Waals surface area contributed by atoms with Crippen LogP contribution in [0.15, 0.2) is 48.5 Å². The van der Waals surface area contributed by atoms with Gasteiger partial charge in [-0.3, -0.25) is 0 Å². The third-order valence-corrected chi connectivity index (χ3v) is 4.84. The molecular weight excluding hydrogens is 282 g/mol. The average Bonchev–Trinajstić information content (AvgIpc) is 2.45. The molecule has 0 amide bonds. The minimum atomic E-state index is -0.0173. The lowest BCUT2D eigenvalue weighted by atomic mass is 9.87. The molecule has 0 saturated carbocycles. The third kappa shape index (κ3) is 4.02. The Balaban J connectivity index is 2.23. The summed E-state index contributed by atoms with van der Waals surface area (Å²) in [6, 6.07) is 18.8. The molecule has 0 atom stereocenters. The molecule has 0 radical (unpaired) electrons. The van der Waals surface area contributed by atoms with Gasteiger partial charge >= 0.3 is 0 Å². The first-order chi connectivity index (χ1) is 10.1. The Morgan fingerprint density at radius 3 is 1.09 bits per heavy atom. The maximum Gasteiger partial charge on any atom is -0.0108 e. The largest absolute Gasteiger partial charge is 0.226 e. The van der Waals surface area contributed by atoms with Gasteiger partial charge in [0.15, 0.2) is 0 Å². The maximum atomic E-state index is 2.37. The fourth-order valence-electron chi connectivity index (χ4n) is 2.22. The van der Waals surface area contributed by atoms with E-state index >= 15 is 0 Å². The van der Waals surface area contributed by atoms with Gasteiger partial charge in [-0.05, 0) is 29.5 Å². The van der Waals surface area contributed by atoms with Crippen LogP contribution in [0.5, 0.6) is 0 Å². The van der Waals surface area contributed by atoms with E-state index in [4.69, 9.17) is 0 Å². The van der Waals surface area contributed by atoms with E-state index in [1.54, 1.807) is 10.6 Å². The highest BCUT2D eigenvalue weighted by atomic mass is 31.1. The molecule has 2 heteroatoms. The number of rotatable bonds is 2. The highest BCUT2D eigenvalue weighted by molar-refractivity contribution is 7.94. The summed E-state index contributed by atoms with van der Waals surface area (Å²) in [5.41, 5.74) is 3.36. The minimum absolute atomic E-state index is 0.0173. The van der Waals surface area contributed by atoms with Crippen molar-refractivity contribution < 1.29 is 0 Å². The van der Waals surface area contributed by atoms with Crippen LogP contribution in [0.4, 0.5) is 0 Å². The molecule has 0 aliphatic heterocycles. The molecule has 0 bridgehead atoms. The van der Waals surface area contributed by atoms with Gasteiger partial charge in [0.05, 0.1) is 0 Å². The second-order valence-electron chi connectivity index (χ2n) is 7.71. The molecule has 0 unspecified atom stereocenters. The van der Waals surface area contributed by atoms with Crippen LogP contribution < -0.4 is 10.6 Å². The van der Waals surface area contributed by atoms with Crippen LogP contribution in [0.1, 0.15) is 52.7 Å². The van der Waals surface area contributed by atoms with Crippen LogP contribution in [0.3, 0.4) is 0 Å². The molecule has 0 aromatic heterocycles. The van der Waals surface area contributed by atoms with Crippen molar-refractivity contribution in [3.8, 4) is 0 Å². The van der Waals surface area contributed by atoms with Gasteiger partial charge in [-0.25, -0.2) is 7.80 Å². The second kappa shape index (κ2) is 6.21. The summed E-state index contributed by atoms with van der Waals surface area (Å²) in [4.78, 5) is 0. The molecule has 0 saturated heterocycles. The first kappa shape index (κ1) is 17.3. The van der Waals surface area contributed by atoms with Crippen molar-refractivity contribution in [1.29, 1.82) is 0 Å². The Morgan fingerprint density at radius 1 is 0.591 bits per heavy atom. The summed E-state index contributed by atoms with van der Waals surface area (Å²) in [6.45, 7) is 13.7. The molecular formula is C20H29BP-. The first-order valence-electron chi connectivity index (χ1n) is 7.59. The van der Waals surface area contributed by atoms with Gasteiger partial charge in [-0.2, -0.15) is 0 Å². The summed E-state index contributed by atoms with van der Waals surface area (Å²) >= 11 is 0. The fraction of sp³-hybridized carbons (Fsp3) is 0.400. The number of hydrogen-bond donors (Lipinski definition) is 0. The van der Waals surface area contributed by atoms with E-state index in [2.05, 4.69) is 90.1 Å². The van der Waals surface area contributed by atoms with E-state index in [-0.39, 0.29) is 26.2 Å². The Bertz CT molecular complexity index is 555. The SMILES string of the molecule is [BH3-]P(c1ccc(C(C)(C)C)cc1)c1ccc(C(C)(C)C)cc1. The third-order valence-electron chi connectivity index (χ3n) is 3.72. The first-order valence-corrected chi connectivity index (χ1v) is 8.48. The van der Waals surface area contributed by atoms with E-state index in [0.29, 0.717) is 0 Å². The van der Waals surface area contributed by atoms with Crippen LogP contribution in [-0.2, 0) is 10.8 Å².